The Hall–Kier alpha value is -2.95. The molecular weight excluding hydrogens is 318 g/mol. The molecule has 1 heterocycles. The van der Waals surface area contributed by atoms with Gasteiger partial charge < -0.3 is 19.5 Å². The van der Waals surface area contributed by atoms with Crippen molar-refractivity contribution in [2.24, 2.45) is 0 Å². The topological polar surface area (TPSA) is 59.0 Å². The first-order valence-electron chi connectivity index (χ1n) is 8.06. The number of carbonyl (C=O) groups excluding carboxylic acids is 1. The lowest BCUT2D eigenvalue weighted by Gasteiger charge is -2.15. The Labute approximate surface area is 147 Å². The molecule has 1 N–H and O–H groups in total. The van der Waals surface area contributed by atoms with Gasteiger partial charge in [-0.25, -0.2) is 0 Å². The van der Waals surface area contributed by atoms with Crippen molar-refractivity contribution in [3.05, 3.63) is 59.2 Å². The monoisotopic (exact) mass is 339 g/mol. The molecule has 3 rings (SSSR count). The maximum atomic E-state index is 12.7. The fourth-order valence-corrected chi connectivity index (χ4v) is 3.09. The van der Waals surface area contributed by atoms with Crippen molar-refractivity contribution >= 4 is 12.0 Å². The third kappa shape index (κ3) is 3.05. The summed E-state index contributed by atoms with van der Waals surface area (Å²) in [5.74, 6) is 1.25. The van der Waals surface area contributed by atoms with Crippen molar-refractivity contribution < 1.29 is 19.4 Å². The molecule has 2 aromatic carbocycles. The molecule has 0 saturated carbocycles. The molecule has 1 aliphatic heterocycles. The molecule has 2 aromatic rings. The maximum absolute atomic E-state index is 12.7. The number of benzene rings is 2. The summed E-state index contributed by atoms with van der Waals surface area (Å²) in [6, 6.07) is 9.47. The van der Waals surface area contributed by atoms with Crippen LogP contribution in [0, 0.1) is 0 Å². The molecule has 0 atom stereocenters. The van der Waals surface area contributed by atoms with Gasteiger partial charge in [0.25, 0.3) is 5.91 Å². The summed E-state index contributed by atoms with van der Waals surface area (Å²) < 4.78 is 10.4. The van der Waals surface area contributed by atoms with Gasteiger partial charge in [0.15, 0.2) is 0 Å². The van der Waals surface area contributed by atoms with Crippen LogP contribution in [0.3, 0.4) is 0 Å². The quantitative estimate of drug-likeness (QED) is 0.878. The SMILES string of the molecule is C=Cc1c(OC)cc2c(c1O)CN(CCc1ccc(OC)cc1)C2=O. The highest BCUT2D eigenvalue weighted by Gasteiger charge is 2.31. The molecule has 5 heteroatoms. The highest BCUT2D eigenvalue weighted by molar-refractivity contribution is 6.00. The summed E-state index contributed by atoms with van der Waals surface area (Å²) >= 11 is 0. The van der Waals surface area contributed by atoms with Crippen LogP contribution in [0.25, 0.3) is 6.08 Å². The number of hydrogen-bond donors (Lipinski definition) is 1. The van der Waals surface area contributed by atoms with E-state index in [-0.39, 0.29) is 11.7 Å². The van der Waals surface area contributed by atoms with Crippen LogP contribution in [0.1, 0.15) is 27.0 Å². The predicted octanol–water partition coefficient (Wildman–Crippen LogP) is 3.25. The predicted molar refractivity (Wildman–Crippen MR) is 96.2 cm³/mol. The van der Waals surface area contributed by atoms with Gasteiger partial charge in [0.2, 0.25) is 0 Å². The Balaban J connectivity index is 1.78. The number of phenolic OH excluding ortho intramolecular Hbond substituents is 1. The molecule has 1 amide bonds. The van der Waals surface area contributed by atoms with Crippen LogP contribution in [-0.4, -0.2) is 36.7 Å². The van der Waals surface area contributed by atoms with Crippen molar-refractivity contribution in [3.8, 4) is 17.2 Å². The van der Waals surface area contributed by atoms with E-state index in [0.717, 1.165) is 17.7 Å². The second-order valence-corrected chi connectivity index (χ2v) is 5.90. The highest BCUT2D eigenvalue weighted by Crippen LogP contribution is 2.39. The van der Waals surface area contributed by atoms with Gasteiger partial charge in [-0.15, -0.1) is 0 Å². The zero-order chi connectivity index (χ0) is 18.0. The standard InChI is InChI=1S/C20H21NO4/c1-4-15-18(25-3)11-16-17(19(15)22)12-21(20(16)23)10-9-13-5-7-14(24-2)8-6-13/h4-8,11,22H,1,9-10,12H2,2-3H3. The summed E-state index contributed by atoms with van der Waals surface area (Å²) in [5, 5.41) is 10.5. The number of phenols is 1. The lowest BCUT2D eigenvalue weighted by molar-refractivity contribution is 0.0780. The summed E-state index contributed by atoms with van der Waals surface area (Å²) in [5.41, 5.74) is 2.77. The normalized spacial score (nSPS) is 12.9. The van der Waals surface area contributed by atoms with Crippen LogP contribution < -0.4 is 9.47 Å². The highest BCUT2D eigenvalue weighted by atomic mass is 16.5. The van der Waals surface area contributed by atoms with Gasteiger partial charge in [-0.05, 0) is 30.2 Å². The molecule has 0 saturated heterocycles. The largest absolute Gasteiger partial charge is 0.507 e. The molecule has 5 nitrogen and oxygen atoms in total. The molecule has 0 aliphatic carbocycles. The Kier molecular flexibility index (Phi) is 4.65. The van der Waals surface area contributed by atoms with Crippen LogP contribution in [0.4, 0.5) is 0 Å². The van der Waals surface area contributed by atoms with E-state index in [0.29, 0.717) is 35.5 Å². The zero-order valence-electron chi connectivity index (χ0n) is 14.4. The smallest absolute Gasteiger partial charge is 0.254 e. The molecule has 25 heavy (non-hydrogen) atoms. The van der Waals surface area contributed by atoms with E-state index in [9.17, 15) is 9.90 Å². The van der Waals surface area contributed by atoms with E-state index in [1.807, 2.05) is 24.3 Å². The molecule has 0 aromatic heterocycles. The summed E-state index contributed by atoms with van der Waals surface area (Å²) in [6.07, 6.45) is 2.27. The van der Waals surface area contributed by atoms with Gasteiger partial charge in [0.1, 0.15) is 17.2 Å². The number of ether oxygens (including phenoxy) is 2. The second kappa shape index (κ2) is 6.89. The van der Waals surface area contributed by atoms with Crippen molar-refractivity contribution in [2.75, 3.05) is 20.8 Å². The molecule has 0 spiro atoms. The van der Waals surface area contributed by atoms with Crippen molar-refractivity contribution in [3.63, 3.8) is 0 Å². The lowest BCUT2D eigenvalue weighted by Crippen LogP contribution is -2.26. The fourth-order valence-electron chi connectivity index (χ4n) is 3.09. The average molecular weight is 339 g/mol. The molecule has 0 unspecified atom stereocenters. The maximum Gasteiger partial charge on any atom is 0.254 e. The van der Waals surface area contributed by atoms with E-state index >= 15 is 0 Å². The molecule has 130 valence electrons. The van der Waals surface area contributed by atoms with E-state index in [4.69, 9.17) is 9.47 Å². The average Bonchev–Trinajstić information content (AvgIpc) is 2.96. The van der Waals surface area contributed by atoms with Crippen LogP contribution in [0.15, 0.2) is 36.9 Å². The zero-order valence-corrected chi connectivity index (χ0v) is 14.4. The number of rotatable bonds is 6. The molecule has 0 fully saturated rings. The van der Waals surface area contributed by atoms with Crippen molar-refractivity contribution in [2.45, 2.75) is 13.0 Å². The van der Waals surface area contributed by atoms with E-state index in [1.165, 1.54) is 7.11 Å². The second-order valence-electron chi connectivity index (χ2n) is 5.90. The Morgan fingerprint density at radius 1 is 1.24 bits per heavy atom. The lowest BCUT2D eigenvalue weighted by atomic mass is 10.0. The van der Waals surface area contributed by atoms with Crippen molar-refractivity contribution in [1.82, 2.24) is 4.90 Å². The van der Waals surface area contributed by atoms with Gasteiger partial charge in [-0.2, -0.15) is 0 Å². The Bertz CT molecular complexity index is 811. The van der Waals surface area contributed by atoms with Crippen LogP contribution in [0.2, 0.25) is 0 Å². The number of fused-ring (bicyclic) bond motifs is 1. The van der Waals surface area contributed by atoms with E-state index < -0.39 is 0 Å². The van der Waals surface area contributed by atoms with Gasteiger partial charge >= 0.3 is 0 Å². The molecule has 0 radical (unpaired) electrons. The summed E-state index contributed by atoms with van der Waals surface area (Å²) in [7, 11) is 3.14. The molecule has 1 aliphatic rings. The summed E-state index contributed by atoms with van der Waals surface area (Å²) in [4.78, 5) is 14.4. The van der Waals surface area contributed by atoms with Crippen LogP contribution in [-0.2, 0) is 13.0 Å². The third-order valence-corrected chi connectivity index (χ3v) is 4.53. The minimum Gasteiger partial charge on any atom is -0.507 e. The minimum atomic E-state index is -0.0901. The van der Waals surface area contributed by atoms with Gasteiger partial charge in [0.05, 0.1) is 31.9 Å². The van der Waals surface area contributed by atoms with Gasteiger partial charge in [-0.1, -0.05) is 24.8 Å². The molecule has 0 bridgehead atoms. The number of methoxy groups -OCH3 is 2. The van der Waals surface area contributed by atoms with Crippen LogP contribution in [0.5, 0.6) is 17.2 Å². The van der Waals surface area contributed by atoms with E-state index in [1.54, 1.807) is 24.2 Å². The minimum absolute atomic E-state index is 0.0737. The first-order valence-corrected chi connectivity index (χ1v) is 8.06. The molecular formula is C20H21NO4. The first kappa shape index (κ1) is 16.9. The third-order valence-electron chi connectivity index (χ3n) is 4.53. The Morgan fingerprint density at radius 3 is 2.56 bits per heavy atom. The fraction of sp³-hybridized carbons (Fsp3) is 0.250. The van der Waals surface area contributed by atoms with Crippen LogP contribution >= 0.6 is 0 Å². The number of amides is 1. The van der Waals surface area contributed by atoms with E-state index in [2.05, 4.69) is 6.58 Å². The number of nitrogens with zero attached hydrogens (tertiary/aromatic N) is 1. The van der Waals surface area contributed by atoms with Crippen molar-refractivity contribution in [1.29, 1.82) is 0 Å². The number of aromatic hydroxyl groups is 1. The number of carbonyl (C=O) groups is 1. The Morgan fingerprint density at radius 2 is 1.96 bits per heavy atom. The van der Waals surface area contributed by atoms with Gasteiger partial charge in [0, 0.05) is 12.1 Å². The summed E-state index contributed by atoms with van der Waals surface area (Å²) in [6.45, 7) is 4.67. The number of hydrogen-bond acceptors (Lipinski definition) is 4. The first-order chi connectivity index (χ1) is 12.1. The van der Waals surface area contributed by atoms with Gasteiger partial charge in [-0.3, -0.25) is 4.79 Å².